The van der Waals surface area contributed by atoms with E-state index < -0.39 is 11.8 Å². The molecule has 0 saturated carbocycles. The molecule has 0 aliphatic heterocycles. The molecule has 1 aromatic heterocycles. The van der Waals surface area contributed by atoms with E-state index in [9.17, 15) is 14.0 Å². The van der Waals surface area contributed by atoms with Gasteiger partial charge in [0.1, 0.15) is 0 Å². The van der Waals surface area contributed by atoms with Crippen molar-refractivity contribution >= 4 is 33.7 Å². The third-order valence-electron chi connectivity index (χ3n) is 2.13. The fourth-order valence-corrected chi connectivity index (χ4v) is 2.73. The van der Waals surface area contributed by atoms with Crippen LogP contribution in [0.25, 0.3) is 0 Å². The Labute approximate surface area is 119 Å². The van der Waals surface area contributed by atoms with Gasteiger partial charge < -0.3 is 10.1 Å². The van der Waals surface area contributed by atoms with Crippen LogP contribution in [0.15, 0.2) is 43.7 Å². The van der Waals surface area contributed by atoms with Gasteiger partial charge in [-0.15, -0.1) is 0 Å². The number of H-pyrrole nitrogens is 1. The Morgan fingerprint density at radius 1 is 1.42 bits per heavy atom. The summed E-state index contributed by atoms with van der Waals surface area (Å²) < 4.78 is 13.8. The highest BCUT2D eigenvalue weighted by atomic mass is 79.9. The maximum Gasteiger partial charge on any atom is 0.336 e. The molecule has 0 unspecified atom stereocenters. The second kappa shape index (κ2) is 5.54. The molecule has 2 aromatic rings. The average molecular weight is 345 g/mol. The number of halogens is 2. The lowest BCUT2D eigenvalue weighted by Gasteiger charge is -2.06. The molecule has 0 aliphatic carbocycles. The van der Waals surface area contributed by atoms with E-state index in [-0.39, 0.29) is 25.6 Å². The highest BCUT2D eigenvalue weighted by Gasteiger charge is 2.16. The summed E-state index contributed by atoms with van der Waals surface area (Å²) in [5, 5.41) is 9.07. The van der Waals surface area contributed by atoms with Crippen molar-refractivity contribution in [1.82, 2.24) is 9.97 Å². The number of aromatic amines is 1. The van der Waals surface area contributed by atoms with Crippen LogP contribution in [0.3, 0.4) is 0 Å². The fourth-order valence-electron chi connectivity index (χ4n) is 1.28. The summed E-state index contributed by atoms with van der Waals surface area (Å²) in [7, 11) is 0. The topological polar surface area (TPSA) is 83.0 Å². The summed E-state index contributed by atoms with van der Waals surface area (Å²) in [4.78, 5) is 28.4. The van der Waals surface area contributed by atoms with E-state index in [4.69, 9.17) is 5.11 Å². The molecule has 0 fully saturated rings. The van der Waals surface area contributed by atoms with Crippen molar-refractivity contribution in [2.45, 2.75) is 10.1 Å². The van der Waals surface area contributed by atoms with Gasteiger partial charge in [-0.1, -0.05) is 0 Å². The number of nitrogens with zero attached hydrogens (tertiary/aromatic N) is 1. The minimum atomic E-state index is -1.23. The van der Waals surface area contributed by atoms with Crippen LogP contribution in [0.4, 0.5) is 4.39 Å². The van der Waals surface area contributed by atoms with Gasteiger partial charge in [0.2, 0.25) is 0 Å². The van der Waals surface area contributed by atoms with E-state index in [0.29, 0.717) is 0 Å². The number of aromatic nitrogens is 2. The molecule has 0 amide bonds. The monoisotopic (exact) mass is 344 g/mol. The number of carboxylic acid groups (broad SMARTS) is 1. The Kier molecular flexibility index (Phi) is 4.01. The lowest BCUT2D eigenvalue weighted by Crippen LogP contribution is -2.05. The molecule has 8 heteroatoms. The maximum atomic E-state index is 14.0. The average Bonchev–Trinajstić information content (AvgIpc) is 2.35. The summed E-state index contributed by atoms with van der Waals surface area (Å²) >= 11 is 3.80. The molecule has 98 valence electrons. The molecule has 0 bridgehead atoms. The van der Waals surface area contributed by atoms with Crippen LogP contribution in [0.5, 0.6) is 0 Å². The standard InChI is InChI=1S/C11H6BrFN2O3S/c12-8-5(10(17)18)1-2-6(9(8)13)19-11-14-4-3-7(16)15-11/h1-4H,(H,17,18)(H,14,15,16). The van der Waals surface area contributed by atoms with Crippen LogP contribution in [0.1, 0.15) is 10.4 Å². The maximum absolute atomic E-state index is 14.0. The van der Waals surface area contributed by atoms with E-state index in [2.05, 4.69) is 25.9 Å². The van der Waals surface area contributed by atoms with Gasteiger partial charge in [-0.3, -0.25) is 4.79 Å². The smallest absolute Gasteiger partial charge is 0.336 e. The highest BCUT2D eigenvalue weighted by Crippen LogP contribution is 2.32. The Morgan fingerprint density at radius 3 is 2.79 bits per heavy atom. The van der Waals surface area contributed by atoms with Crippen LogP contribution in [-0.2, 0) is 0 Å². The largest absolute Gasteiger partial charge is 0.478 e. The zero-order valence-electron chi connectivity index (χ0n) is 9.18. The first kappa shape index (κ1) is 13.8. The third-order valence-corrected chi connectivity index (χ3v) is 3.84. The fraction of sp³-hybridized carbons (Fsp3) is 0. The van der Waals surface area contributed by atoms with Crippen LogP contribution < -0.4 is 5.56 Å². The SMILES string of the molecule is O=C(O)c1ccc(Sc2nccc(=O)[nH]2)c(F)c1Br. The Balaban J connectivity index is 2.39. The molecular weight excluding hydrogens is 339 g/mol. The van der Waals surface area contributed by atoms with Crippen molar-refractivity contribution in [3.8, 4) is 0 Å². The summed E-state index contributed by atoms with van der Waals surface area (Å²) in [5.41, 5.74) is -0.518. The van der Waals surface area contributed by atoms with Gasteiger partial charge in [0, 0.05) is 12.3 Å². The molecule has 1 aromatic carbocycles. The lowest BCUT2D eigenvalue weighted by atomic mass is 10.2. The Morgan fingerprint density at radius 2 is 2.16 bits per heavy atom. The molecule has 1 heterocycles. The molecule has 2 rings (SSSR count). The van der Waals surface area contributed by atoms with Crippen molar-refractivity contribution in [2.75, 3.05) is 0 Å². The predicted octanol–water partition coefficient (Wildman–Crippen LogP) is 2.52. The normalized spacial score (nSPS) is 10.4. The molecule has 0 spiro atoms. The number of nitrogens with one attached hydrogen (secondary N) is 1. The van der Waals surface area contributed by atoms with Crippen LogP contribution >= 0.6 is 27.7 Å². The van der Waals surface area contributed by atoms with E-state index in [1.807, 2.05) is 0 Å². The Bertz CT molecular complexity index is 705. The minimum absolute atomic E-state index is 0.136. The molecule has 2 N–H and O–H groups in total. The number of benzene rings is 1. The van der Waals surface area contributed by atoms with E-state index in [1.165, 1.54) is 24.4 Å². The van der Waals surface area contributed by atoms with E-state index in [1.54, 1.807) is 0 Å². The van der Waals surface area contributed by atoms with Crippen molar-refractivity contribution in [1.29, 1.82) is 0 Å². The van der Waals surface area contributed by atoms with Gasteiger partial charge in [-0.25, -0.2) is 14.2 Å². The number of hydrogen-bond donors (Lipinski definition) is 2. The molecular formula is C11H6BrFN2O3S. The first-order chi connectivity index (χ1) is 8.99. The van der Waals surface area contributed by atoms with Crippen molar-refractivity contribution in [3.63, 3.8) is 0 Å². The van der Waals surface area contributed by atoms with Crippen molar-refractivity contribution in [2.24, 2.45) is 0 Å². The van der Waals surface area contributed by atoms with Gasteiger partial charge >= 0.3 is 5.97 Å². The van der Waals surface area contributed by atoms with Crippen molar-refractivity contribution < 1.29 is 14.3 Å². The summed E-state index contributed by atoms with van der Waals surface area (Å²) in [6.45, 7) is 0. The number of hydrogen-bond acceptors (Lipinski definition) is 4. The van der Waals surface area contributed by atoms with E-state index in [0.717, 1.165) is 11.8 Å². The van der Waals surface area contributed by atoms with Gasteiger partial charge in [0.05, 0.1) is 14.9 Å². The number of rotatable bonds is 3. The van der Waals surface area contributed by atoms with Gasteiger partial charge in [0.25, 0.3) is 5.56 Å². The summed E-state index contributed by atoms with van der Waals surface area (Å²) in [6.07, 6.45) is 1.31. The number of carbonyl (C=O) groups is 1. The van der Waals surface area contributed by atoms with Gasteiger partial charge in [-0.2, -0.15) is 0 Å². The summed E-state index contributed by atoms with van der Waals surface area (Å²) in [5.74, 6) is -1.94. The van der Waals surface area contributed by atoms with Gasteiger partial charge in [0.15, 0.2) is 11.0 Å². The van der Waals surface area contributed by atoms with Crippen molar-refractivity contribution in [3.05, 3.63) is 50.6 Å². The quantitative estimate of drug-likeness (QED) is 0.836. The second-order valence-corrected chi connectivity index (χ2v) is 5.21. The molecule has 0 saturated heterocycles. The van der Waals surface area contributed by atoms with Crippen LogP contribution in [0.2, 0.25) is 0 Å². The third kappa shape index (κ3) is 3.02. The molecule has 5 nitrogen and oxygen atoms in total. The second-order valence-electron chi connectivity index (χ2n) is 3.39. The number of aromatic carboxylic acids is 1. The first-order valence-corrected chi connectivity index (χ1v) is 6.54. The summed E-state index contributed by atoms with van der Waals surface area (Å²) in [6, 6.07) is 3.84. The predicted molar refractivity (Wildman–Crippen MR) is 70.0 cm³/mol. The molecule has 0 aliphatic rings. The molecule has 0 atom stereocenters. The lowest BCUT2D eigenvalue weighted by molar-refractivity contribution is 0.0695. The highest BCUT2D eigenvalue weighted by molar-refractivity contribution is 9.10. The van der Waals surface area contributed by atoms with Crippen LogP contribution in [0, 0.1) is 5.82 Å². The zero-order valence-corrected chi connectivity index (χ0v) is 11.6. The zero-order chi connectivity index (χ0) is 14.0. The molecule has 0 radical (unpaired) electrons. The van der Waals surface area contributed by atoms with E-state index >= 15 is 0 Å². The molecule has 19 heavy (non-hydrogen) atoms. The first-order valence-electron chi connectivity index (χ1n) is 4.93. The Hall–Kier alpha value is -1.67. The van der Waals surface area contributed by atoms with Gasteiger partial charge in [-0.05, 0) is 39.8 Å². The van der Waals surface area contributed by atoms with Crippen LogP contribution in [-0.4, -0.2) is 21.0 Å². The minimum Gasteiger partial charge on any atom is -0.478 e. The number of carboxylic acids is 1.